The molecule has 0 aliphatic carbocycles. The van der Waals surface area contributed by atoms with Crippen molar-refractivity contribution in [3.63, 3.8) is 0 Å². The third-order valence-electron chi connectivity index (χ3n) is 14.8. The predicted octanol–water partition coefficient (Wildman–Crippen LogP) is 13.0. The van der Waals surface area contributed by atoms with E-state index in [1.165, 1.54) is 40.6 Å². The third-order valence-corrected chi connectivity index (χ3v) is 23.7. The number of aromatic nitrogens is 1. The van der Waals surface area contributed by atoms with E-state index in [1.807, 2.05) is 88.9 Å². The normalized spacial score (nSPS) is 15.4. The number of methoxy groups -OCH3 is 1. The van der Waals surface area contributed by atoms with Gasteiger partial charge in [-0.25, -0.2) is 9.78 Å². The van der Waals surface area contributed by atoms with Crippen LogP contribution in [0.5, 0.6) is 0 Å². The molecule has 12 nitrogen and oxygen atoms in total. The molecule has 2 heterocycles. The van der Waals surface area contributed by atoms with Crippen LogP contribution in [0.15, 0.2) is 193 Å². The van der Waals surface area contributed by atoms with Gasteiger partial charge in [0.25, 0.3) is 8.32 Å². The number of hydrogen-bond acceptors (Lipinski definition) is 12. The van der Waals surface area contributed by atoms with E-state index in [0.29, 0.717) is 28.8 Å². The quantitative estimate of drug-likeness (QED) is 0.0175. The van der Waals surface area contributed by atoms with Gasteiger partial charge in [-0.05, 0) is 89.0 Å². The zero-order valence-corrected chi connectivity index (χ0v) is 53.8. The van der Waals surface area contributed by atoms with Crippen LogP contribution < -0.4 is 26.3 Å². The van der Waals surface area contributed by atoms with Crippen LogP contribution in [0.2, 0.25) is 5.04 Å². The lowest BCUT2D eigenvalue weighted by molar-refractivity contribution is -0.141. The molecular weight excluding hydrogens is 1140 g/mol. The van der Waals surface area contributed by atoms with Crippen molar-refractivity contribution in [1.29, 1.82) is 0 Å². The average molecular weight is 1210 g/mol. The first-order chi connectivity index (χ1) is 40.7. The van der Waals surface area contributed by atoms with Gasteiger partial charge in [0.15, 0.2) is 0 Å². The molecular formula is C69H79N5O7S3Si. The summed E-state index contributed by atoms with van der Waals surface area (Å²) in [5, 5.41) is 12.3. The number of hydrogen-bond donors (Lipinski definition) is 3. The number of aliphatic imine (C=N–C) groups is 1. The molecule has 0 saturated carbocycles. The number of amides is 3. The first-order valence-electron chi connectivity index (χ1n) is 28.8. The lowest BCUT2D eigenvalue weighted by Gasteiger charge is -2.43. The van der Waals surface area contributed by atoms with Gasteiger partial charge in [0.1, 0.15) is 32.9 Å². The number of alkyl carbamates (subject to hydrolysis) is 1. The molecule has 0 radical (unpaired) electrons. The smallest absolute Gasteiger partial charge is 0.408 e. The molecule has 1 aliphatic rings. The number of nitrogens with zero attached hydrogens (tertiary/aromatic N) is 2. The first-order valence-corrected chi connectivity index (χ1v) is 33.5. The van der Waals surface area contributed by atoms with Crippen LogP contribution in [0.3, 0.4) is 0 Å². The molecule has 0 spiro atoms. The van der Waals surface area contributed by atoms with Crippen LogP contribution in [-0.4, -0.2) is 84.1 Å². The fourth-order valence-electron chi connectivity index (χ4n) is 10.5. The second kappa shape index (κ2) is 28.4. The molecule has 85 heavy (non-hydrogen) atoms. The van der Waals surface area contributed by atoms with Gasteiger partial charge in [-0.2, -0.15) is 0 Å². The largest absolute Gasteiger partial charge is 0.469 e. The Balaban J connectivity index is 0.996. The van der Waals surface area contributed by atoms with Crippen LogP contribution in [0, 0.1) is 5.92 Å². The van der Waals surface area contributed by atoms with Crippen molar-refractivity contribution >= 4 is 82.5 Å². The van der Waals surface area contributed by atoms with Crippen molar-refractivity contribution in [2.45, 2.75) is 121 Å². The number of benzene rings is 6. The average Bonchev–Trinajstić information content (AvgIpc) is 2.14. The summed E-state index contributed by atoms with van der Waals surface area (Å²) < 4.78 is 17.4. The third kappa shape index (κ3) is 15.7. The van der Waals surface area contributed by atoms with Crippen molar-refractivity contribution in [3.05, 3.63) is 221 Å². The summed E-state index contributed by atoms with van der Waals surface area (Å²) in [7, 11) is -1.49. The molecule has 1 aliphatic heterocycles. The highest BCUT2D eigenvalue weighted by Crippen LogP contribution is 2.49. The van der Waals surface area contributed by atoms with Crippen LogP contribution in [0.4, 0.5) is 4.79 Å². The number of rotatable bonds is 24. The van der Waals surface area contributed by atoms with Crippen LogP contribution >= 0.6 is 34.9 Å². The number of carbonyl (C=O) groups is 4. The summed E-state index contributed by atoms with van der Waals surface area (Å²) in [6.45, 7) is 18.2. The Hall–Kier alpha value is -7.08. The van der Waals surface area contributed by atoms with Gasteiger partial charge in [-0.3, -0.25) is 19.4 Å². The van der Waals surface area contributed by atoms with Crippen molar-refractivity contribution in [1.82, 2.24) is 20.9 Å². The van der Waals surface area contributed by atoms with Gasteiger partial charge in [-0.1, -0.05) is 223 Å². The Bertz CT molecular complexity index is 3270. The maximum atomic E-state index is 14.6. The molecule has 1 aromatic heterocycles. The fraction of sp³-hybridized carbons (Fsp3) is 0.333. The van der Waals surface area contributed by atoms with E-state index in [-0.39, 0.29) is 29.7 Å². The number of esters is 1. The minimum Gasteiger partial charge on any atom is -0.469 e. The summed E-state index contributed by atoms with van der Waals surface area (Å²) in [5.41, 5.74) is 4.00. The summed E-state index contributed by atoms with van der Waals surface area (Å²) >= 11 is 4.68. The Labute approximate surface area is 515 Å². The maximum absolute atomic E-state index is 14.6. The minimum atomic E-state index is -2.81. The highest BCUT2D eigenvalue weighted by atomic mass is 32.2. The van der Waals surface area contributed by atoms with Crippen LogP contribution in [0.25, 0.3) is 10.4 Å². The maximum Gasteiger partial charge on any atom is 0.408 e. The lowest BCUT2D eigenvalue weighted by atomic mass is 9.84. The van der Waals surface area contributed by atoms with E-state index in [0.717, 1.165) is 38.4 Å². The highest BCUT2D eigenvalue weighted by molar-refractivity contribution is 8.14. The fourth-order valence-corrected chi connectivity index (χ4v) is 18.8. The first kappa shape index (κ1) is 63.9. The number of thiazole rings is 1. The molecule has 444 valence electrons. The topological polar surface area (TPSA) is 157 Å². The SMILES string of the molecule is COC(=O)CC(/C=C/CCSC(c1ccccc1)(c1ccccc1)c1ccccc1)NC(=O)[C@@H](NC(=O)[C@]1(C)CSC(c2nc(CNC(=O)OC(C)(C)C)sc2-c2ccc(CO[Si](c3ccccc3)(c3ccccc3)C(C)(C)C)cc2)=N1)C(C)C. The molecule has 0 bridgehead atoms. The summed E-state index contributed by atoms with van der Waals surface area (Å²) in [4.78, 5) is 65.6. The second-order valence-corrected chi connectivity index (χ2v) is 31.4. The van der Waals surface area contributed by atoms with Crippen LogP contribution in [0.1, 0.15) is 108 Å². The predicted molar refractivity (Wildman–Crippen MR) is 351 cm³/mol. The molecule has 7 aromatic rings. The van der Waals surface area contributed by atoms with Gasteiger partial charge in [0, 0.05) is 5.75 Å². The van der Waals surface area contributed by atoms with Crippen LogP contribution in [-0.2, 0) is 46.2 Å². The van der Waals surface area contributed by atoms with E-state index in [2.05, 4.69) is 182 Å². The van der Waals surface area contributed by atoms with E-state index in [1.54, 1.807) is 6.92 Å². The van der Waals surface area contributed by atoms with Crippen molar-refractivity contribution < 1.29 is 33.1 Å². The zero-order valence-electron chi connectivity index (χ0n) is 50.3. The van der Waals surface area contributed by atoms with Crippen molar-refractivity contribution in [3.8, 4) is 10.4 Å². The minimum absolute atomic E-state index is 0.0988. The second-order valence-electron chi connectivity index (χ2n) is 23.7. The molecule has 6 aromatic carbocycles. The number of allylic oxidation sites excluding steroid dienone is 1. The Morgan fingerprint density at radius 3 is 1.75 bits per heavy atom. The molecule has 3 N–H and O–H groups in total. The van der Waals surface area contributed by atoms with Gasteiger partial charge in [0.05, 0.1) is 42.3 Å². The molecule has 1 unspecified atom stereocenters. The van der Waals surface area contributed by atoms with E-state index >= 15 is 0 Å². The summed E-state index contributed by atoms with van der Waals surface area (Å²) in [6, 6.07) is 59.3. The number of thioether (sulfide) groups is 2. The van der Waals surface area contributed by atoms with Crippen molar-refractivity contribution in [2.24, 2.45) is 10.9 Å². The van der Waals surface area contributed by atoms with Gasteiger partial charge in [-0.15, -0.1) is 34.9 Å². The molecule has 3 atom stereocenters. The highest BCUT2D eigenvalue weighted by Gasteiger charge is 2.50. The summed E-state index contributed by atoms with van der Waals surface area (Å²) in [5.74, 6) is -0.660. The Morgan fingerprint density at radius 2 is 1.26 bits per heavy atom. The number of nitrogens with one attached hydrogen (secondary N) is 3. The Morgan fingerprint density at radius 1 is 0.729 bits per heavy atom. The van der Waals surface area contributed by atoms with Gasteiger partial charge in [0.2, 0.25) is 11.8 Å². The number of carbonyl (C=O) groups excluding carboxylic acids is 4. The van der Waals surface area contributed by atoms with Gasteiger partial charge >= 0.3 is 12.1 Å². The number of ether oxygens (including phenoxy) is 2. The molecule has 0 fully saturated rings. The standard InChI is InChI=1S/C69H79N5O7S3Si/c1-48(2)59(62(76)71-54(44-58(75)79-10)34-26-27-43-83-69(51-28-16-11-17-29-51,52-30-18-12-19-31-52)53-32-20-13-21-33-53)73-64(77)68(9)47-82-63(74-68)60-61(84-57(72-60)45-70-65(78)81-66(3,4)5)50-41-39-49(40-42-50)46-80-85(67(6,7)8,55-35-22-14-23-36-55)56-37-24-15-25-38-56/h11-26,28-42,48,54,59H,27,43-47H2,1-10H3,(H,70,78)(H,71,76)(H,73,77)/b34-26+/t54?,59-,68-/m0/s1. The van der Waals surface area contributed by atoms with Gasteiger partial charge < -0.3 is 29.9 Å². The van der Waals surface area contributed by atoms with E-state index < -0.39 is 60.2 Å². The lowest BCUT2D eigenvalue weighted by Crippen LogP contribution is -2.66. The summed E-state index contributed by atoms with van der Waals surface area (Å²) in [6.07, 6.45) is 3.82. The Kier molecular flexibility index (Phi) is 21.4. The molecule has 0 saturated heterocycles. The van der Waals surface area contributed by atoms with E-state index in [4.69, 9.17) is 23.9 Å². The molecule has 3 amide bonds. The zero-order chi connectivity index (χ0) is 60.8. The molecule has 16 heteroatoms. The van der Waals surface area contributed by atoms with E-state index in [9.17, 15) is 19.2 Å². The van der Waals surface area contributed by atoms with Crippen molar-refractivity contribution in [2.75, 3.05) is 18.6 Å². The molecule has 8 rings (SSSR count). The monoisotopic (exact) mass is 1210 g/mol.